The Hall–Kier alpha value is -3.62. The summed E-state index contributed by atoms with van der Waals surface area (Å²) in [6.45, 7) is 2.40. The van der Waals surface area contributed by atoms with Crippen molar-refractivity contribution in [1.29, 1.82) is 0 Å². The van der Waals surface area contributed by atoms with E-state index in [0.29, 0.717) is 12.2 Å². The highest BCUT2D eigenvalue weighted by Crippen LogP contribution is 2.43. The van der Waals surface area contributed by atoms with Crippen LogP contribution >= 0.6 is 11.3 Å². The fraction of sp³-hybridized carbons (Fsp3) is 0.250. The largest absolute Gasteiger partial charge is 0.497 e. The molecule has 6 nitrogen and oxygen atoms in total. The fourth-order valence-corrected chi connectivity index (χ4v) is 6.66. The summed E-state index contributed by atoms with van der Waals surface area (Å²) in [5.41, 5.74) is 5.16. The van der Waals surface area contributed by atoms with E-state index in [4.69, 9.17) is 4.74 Å². The van der Waals surface area contributed by atoms with Crippen molar-refractivity contribution in [3.63, 3.8) is 0 Å². The molecular formula is C28H27FN4O2S. The van der Waals surface area contributed by atoms with Crippen LogP contribution in [0.25, 0.3) is 5.00 Å². The van der Waals surface area contributed by atoms with Crippen LogP contribution in [0.5, 0.6) is 5.75 Å². The maximum atomic E-state index is 13.9. The first-order valence-electron chi connectivity index (χ1n) is 12.0. The van der Waals surface area contributed by atoms with Crippen LogP contribution in [0, 0.1) is 5.82 Å². The summed E-state index contributed by atoms with van der Waals surface area (Å²) >= 11 is 1.83. The number of thiophene rings is 1. The number of halogens is 1. The number of hydrogen-bond donors (Lipinski definition) is 1. The highest BCUT2D eigenvalue weighted by Gasteiger charge is 2.36. The monoisotopic (exact) mass is 502 g/mol. The van der Waals surface area contributed by atoms with Gasteiger partial charge in [-0.05, 0) is 73.1 Å². The van der Waals surface area contributed by atoms with Gasteiger partial charge in [0.2, 0.25) is 0 Å². The van der Waals surface area contributed by atoms with Crippen LogP contribution in [0.1, 0.15) is 33.3 Å². The highest BCUT2D eigenvalue weighted by molar-refractivity contribution is 7.15. The van der Waals surface area contributed by atoms with Crippen molar-refractivity contribution >= 4 is 23.1 Å². The maximum Gasteiger partial charge on any atom is 0.322 e. The molecular weight excluding hydrogens is 475 g/mol. The summed E-state index contributed by atoms with van der Waals surface area (Å²) < 4.78 is 21.1. The van der Waals surface area contributed by atoms with Crippen molar-refractivity contribution in [2.45, 2.75) is 25.6 Å². The van der Waals surface area contributed by atoms with Crippen molar-refractivity contribution in [1.82, 2.24) is 14.4 Å². The van der Waals surface area contributed by atoms with Crippen LogP contribution in [-0.2, 0) is 19.5 Å². The lowest BCUT2D eigenvalue weighted by Crippen LogP contribution is -2.38. The average Bonchev–Trinajstić information content (AvgIpc) is 3.47. The molecule has 0 spiro atoms. The molecule has 2 amide bonds. The molecule has 1 atom stereocenters. The second-order valence-corrected chi connectivity index (χ2v) is 10.4. The van der Waals surface area contributed by atoms with Crippen molar-refractivity contribution in [3.05, 3.63) is 99.9 Å². The number of amides is 2. The lowest BCUT2D eigenvalue weighted by molar-refractivity contribution is 0.194. The molecule has 0 aliphatic carbocycles. The minimum absolute atomic E-state index is 0.226. The van der Waals surface area contributed by atoms with Gasteiger partial charge in [-0.1, -0.05) is 12.1 Å². The Morgan fingerprint density at radius 2 is 1.83 bits per heavy atom. The quantitative estimate of drug-likeness (QED) is 0.385. The minimum atomic E-state index is -0.337. The Kier molecular flexibility index (Phi) is 5.78. The van der Waals surface area contributed by atoms with Crippen LogP contribution < -0.4 is 10.1 Å². The average molecular weight is 503 g/mol. The van der Waals surface area contributed by atoms with Gasteiger partial charge in [0, 0.05) is 35.4 Å². The first-order valence-corrected chi connectivity index (χ1v) is 12.8. The van der Waals surface area contributed by atoms with Crippen molar-refractivity contribution < 1.29 is 13.9 Å². The summed E-state index contributed by atoms with van der Waals surface area (Å²) in [5.74, 6) is 0.429. The molecule has 2 aliphatic heterocycles. The summed E-state index contributed by atoms with van der Waals surface area (Å²) in [4.78, 5) is 19.5. The number of nitrogens with zero attached hydrogens (tertiary/aromatic N) is 3. The Bertz CT molecular complexity index is 1410. The molecule has 36 heavy (non-hydrogen) atoms. The van der Waals surface area contributed by atoms with Gasteiger partial charge in [0.25, 0.3) is 0 Å². The first-order chi connectivity index (χ1) is 17.5. The normalized spacial score (nSPS) is 17.1. The van der Waals surface area contributed by atoms with Crippen molar-refractivity contribution in [3.8, 4) is 10.8 Å². The fourth-order valence-electron chi connectivity index (χ4n) is 5.22. The van der Waals surface area contributed by atoms with E-state index in [1.54, 1.807) is 19.2 Å². The molecule has 0 radical (unpaired) electrons. The number of carbonyl (C=O) groups excluding carboxylic acids is 1. The standard InChI is InChI=1S/C28H27FN4O2S/c1-31-15-13-22-23-16-33(28(34)30-20-9-7-19(29)8-10-20)26(18-5-11-21(35-2)12-6-18)24-4-3-14-32(24)27(23)36-25(22)17-31/h3-12,14,26H,13,15-17H2,1-2H3,(H,30,34)/t26-/m0/s1. The van der Waals surface area contributed by atoms with E-state index in [1.165, 1.54) is 33.1 Å². The van der Waals surface area contributed by atoms with Gasteiger partial charge in [0.15, 0.2) is 0 Å². The van der Waals surface area contributed by atoms with Gasteiger partial charge in [-0.15, -0.1) is 11.3 Å². The van der Waals surface area contributed by atoms with Crippen LogP contribution in [0.2, 0.25) is 0 Å². The molecule has 0 unspecified atom stereocenters. The Labute approximate surface area is 213 Å². The zero-order valence-corrected chi connectivity index (χ0v) is 21.0. The molecule has 6 rings (SSSR count). The molecule has 2 aromatic carbocycles. The van der Waals surface area contributed by atoms with E-state index >= 15 is 0 Å². The number of anilines is 1. The van der Waals surface area contributed by atoms with Gasteiger partial charge < -0.3 is 24.4 Å². The van der Waals surface area contributed by atoms with Gasteiger partial charge in [-0.25, -0.2) is 9.18 Å². The number of nitrogens with one attached hydrogen (secondary N) is 1. The van der Waals surface area contributed by atoms with Gasteiger partial charge in [-0.2, -0.15) is 0 Å². The summed E-state index contributed by atoms with van der Waals surface area (Å²) in [6, 6.07) is 17.4. The highest BCUT2D eigenvalue weighted by atomic mass is 32.1. The zero-order chi connectivity index (χ0) is 24.8. The Morgan fingerprint density at radius 1 is 1.06 bits per heavy atom. The number of ether oxygens (including phenoxy) is 1. The molecule has 0 saturated heterocycles. The van der Waals surface area contributed by atoms with E-state index in [1.807, 2.05) is 46.6 Å². The Morgan fingerprint density at radius 3 is 2.58 bits per heavy atom. The number of aromatic nitrogens is 1. The third kappa shape index (κ3) is 3.96. The molecule has 8 heteroatoms. The van der Waals surface area contributed by atoms with Gasteiger partial charge in [0.05, 0.1) is 25.4 Å². The molecule has 0 bridgehead atoms. The van der Waals surface area contributed by atoms with Gasteiger partial charge >= 0.3 is 6.03 Å². The Balaban J connectivity index is 1.48. The van der Waals surface area contributed by atoms with Crippen molar-refractivity contribution in [2.75, 3.05) is 26.0 Å². The SMILES string of the molecule is COc1ccc([C@H]2c3cccn3-c3sc4c(c3CN2C(=O)Nc2ccc(F)cc2)CCN(C)C4)cc1. The number of likely N-dealkylation sites (N-methyl/N-ethyl adjacent to an activating group) is 1. The molecule has 2 aliphatic rings. The number of fused-ring (bicyclic) bond motifs is 5. The third-order valence-electron chi connectivity index (χ3n) is 7.04. The number of hydrogen-bond acceptors (Lipinski definition) is 4. The van der Waals surface area contributed by atoms with E-state index in [2.05, 4.69) is 34.1 Å². The van der Waals surface area contributed by atoms with E-state index in [9.17, 15) is 9.18 Å². The van der Waals surface area contributed by atoms with Crippen molar-refractivity contribution in [2.24, 2.45) is 0 Å². The first kappa shape index (κ1) is 22.8. The smallest absolute Gasteiger partial charge is 0.322 e. The molecule has 2 aromatic heterocycles. The summed E-state index contributed by atoms with van der Waals surface area (Å²) in [6.07, 6.45) is 3.06. The topological polar surface area (TPSA) is 49.7 Å². The lowest BCUT2D eigenvalue weighted by atomic mass is 10.00. The van der Waals surface area contributed by atoms with Crippen LogP contribution in [0.15, 0.2) is 66.9 Å². The predicted octanol–water partition coefficient (Wildman–Crippen LogP) is 5.81. The van der Waals surface area contributed by atoms with E-state index in [-0.39, 0.29) is 17.9 Å². The molecule has 4 aromatic rings. The predicted molar refractivity (Wildman–Crippen MR) is 139 cm³/mol. The van der Waals surface area contributed by atoms with Gasteiger partial charge in [-0.3, -0.25) is 0 Å². The number of methoxy groups -OCH3 is 1. The molecule has 1 N–H and O–H groups in total. The zero-order valence-electron chi connectivity index (χ0n) is 20.2. The second-order valence-electron chi connectivity index (χ2n) is 9.32. The molecule has 0 saturated carbocycles. The minimum Gasteiger partial charge on any atom is -0.497 e. The van der Waals surface area contributed by atoms with Gasteiger partial charge in [0.1, 0.15) is 16.6 Å². The maximum absolute atomic E-state index is 13.9. The van der Waals surface area contributed by atoms with Crippen LogP contribution in [0.3, 0.4) is 0 Å². The van der Waals surface area contributed by atoms with Crippen LogP contribution in [-0.4, -0.2) is 41.1 Å². The number of carbonyl (C=O) groups is 1. The third-order valence-corrected chi connectivity index (χ3v) is 8.30. The number of rotatable bonds is 3. The van der Waals surface area contributed by atoms with E-state index in [0.717, 1.165) is 36.5 Å². The number of urea groups is 1. The number of benzene rings is 2. The lowest BCUT2D eigenvalue weighted by Gasteiger charge is -2.32. The van der Waals surface area contributed by atoms with Crippen LogP contribution in [0.4, 0.5) is 14.9 Å². The summed E-state index contributed by atoms with van der Waals surface area (Å²) in [5, 5.41) is 4.19. The summed E-state index contributed by atoms with van der Waals surface area (Å²) in [7, 11) is 3.80. The van der Waals surface area contributed by atoms with E-state index < -0.39 is 0 Å². The molecule has 0 fully saturated rings. The molecule has 184 valence electrons. The second kappa shape index (κ2) is 9.11. The molecule has 4 heterocycles.